The summed E-state index contributed by atoms with van der Waals surface area (Å²) in [6.45, 7) is 16.7. The lowest BCUT2D eigenvalue weighted by molar-refractivity contribution is -0.0763. The fraction of sp³-hybridized carbons (Fsp3) is 1.00. The second-order valence-electron chi connectivity index (χ2n) is 29.7. The first-order valence-electron chi connectivity index (χ1n) is 41.6. The van der Waals surface area contributed by atoms with Crippen LogP contribution < -0.4 is 0 Å². The Labute approximate surface area is 537 Å². The van der Waals surface area contributed by atoms with E-state index in [2.05, 4.69) is 48.5 Å². The van der Waals surface area contributed by atoms with E-state index >= 15 is 0 Å². The van der Waals surface area contributed by atoms with Crippen LogP contribution in [0.2, 0.25) is 0 Å². The zero-order valence-corrected chi connectivity index (χ0v) is 60.9. The van der Waals surface area contributed by atoms with Gasteiger partial charge in [-0.15, -0.1) is 0 Å². The van der Waals surface area contributed by atoms with Crippen molar-refractivity contribution in [3.63, 3.8) is 0 Å². The standard InChI is InChI=1S/C84H170/c1-8-15-22-29-36-42-46-48-53-58-65-72-79-83(77-70-63-56-51-45-39-32-25-18-11-4,78-71-64-57-52-47-43-37-30-23-16-9-2)84(80-73-66-59-41-34-27-20-13-6,81-74-67-60-50-40-33-26-19-12-5)82(75-68-61-54-35-28-21-14-7)76-69-62-55-49-44-38-31-24-17-10-3/h82H,8-81H2,1-7H3. The lowest BCUT2D eigenvalue weighted by atomic mass is 9.47. The molecule has 0 rings (SSSR count). The third-order valence-corrected chi connectivity index (χ3v) is 21.9. The van der Waals surface area contributed by atoms with Crippen molar-refractivity contribution in [2.45, 2.75) is 524 Å². The van der Waals surface area contributed by atoms with E-state index in [4.69, 9.17) is 0 Å². The molecule has 0 aromatic rings. The molecule has 0 bridgehead atoms. The van der Waals surface area contributed by atoms with Gasteiger partial charge < -0.3 is 0 Å². The van der Waals surface area contributed by atoms with Crippen LogP contribution in [0.3, 0.4) is 0 Å². The molecule has 0 aromatic carbocycles. The maximum absolute atomic E-state index is 2.41. The number of rotatable bonds is 76. The molecule has 0 fully saturated rings. The first kappa shape index (κ1) is 84.0. The summed E-state index contributed by atoms with van der Waals surface area (Å²) < 4.78 is 0. The molecule has 0 spiro atoms. The van der Waals surface area contributed by atoms with Crippen LogP contribution in [0.15, 0.2) is 0 Å². The zero-order chi connectivity index (χ0) is 60.9. The molecule has 0 saturated carbocycles. The van der Waals surface area contributed by atoms with Crippen molar-refractivity contribution >= 4 is 0 Å². The van der Waals surface area contributed by atoms with E-state index in [1.165, 1.54) is 430 Å². The van der Waals surface area contributed by atoms with Crippen molar-refractivity contribution in [2.75, 3.05) is 0 Å². The molecular weight excluding hydrogens is 1010 g/mol. The highest BCUT2D eigenvalue weighted by Crippen LogP contribution is 2.62. The molecule has 84 heavy (non-hydrogen) atoms. The zero-order valence-electron chi connectivity index (χ0n) is 60.9. The fourth-order valence-corrected chi connectivity index (χ4v) is 16.2. The predicted octanol–water partition coefficient (Wildman–Crippen LogP) is 32.6. The highest BCUT2D eigenvalue weighted by Gasteiger charge is 2.52. The average Bonchev–Trinajstić information content (AvgIpc) is 2.03. The molecule has 506 valence electrons. The molecule has 0 nitrogen and oxygen atoms in total. The third kappa shape index (κ3) is 52.7. The smallest absolute Gasteiger partial charge is 0.0213 e. The van der Waals surface area contributed by atoms with Gasteiger partial charge in [-0.2, -0.15) is 0 Å². The summed E-state index contributed by atoms with van der Waals surface area (Å²) in [6.07, 6.45) is 110. The predicted molar refractivity (Wildman–Crippen MR) is 390 cm³/mol. The molecule has 0 aliphatic heterocycles. The summed E-state index contributed by atoms with van der Waals surface area (Å²) in [5.74, 6) is 0.939. The number of unbranched alkanes of at least 4 members (excludes halogenated alkanes) is 60. The molecule has 0 heteroatoms. The molecule has 0 radical (unpaired) electrons. The van der Waals surface area contributed by atoms with Crippen LogP contribution >= 0.6 is 0 Å². The van der Waals surface area contributed by atoms with Gasteiger partial charge >= 0.3 is 0 Å². The van der Waals surface area contributed by atoms with E-state index in [1.54, 1.807) is 44.9 Å². The summed E-state index contributed by atoms with van der Waals surface area (Å²) in [7, 11) is 0. The first-order chi connectivity index (χ1) is 41.6. The van der Waals surface area contributed by atoms with E-state index in [-0.39, 0.29) is 0 Å². The van der Waals surface area contributed by atoms with Gasteiger partial charge in [-0.25, -0.2) is 0 Å². The van der Waals surface area contributed by atoms with Crippen LogP contribution in [0, 0.1) is 16.7 Å². The molecular formula is C84H170. The summed E-state index contributed by atoms with van der Waals surface area (Å²) in [4.78, 5) is 0. The van der Waals surface area contributed by atoms with Gasteiger partial charge in [0.05, 0.1) is 0 Å². The maximum Gasteiger partial charge on any atom is -0.0213 e. The van der Waals surface area contributed by atoms with E-state index in [1.807, 2.05) is 0 Å². The molecule has 0 aliphatic carbocycles. The third-order valence-electron chi connectivity index (χ3n) is 21.9. The normalized spacial score (nSPS) is 13.8. The van der Waals surface area contributed by atoms with Gasteiger partial charge in [0.1, 0.15) is 0 Å². The number of hydrogen-bond acceptors (Lipinski definition) is 0. The van der Waals surface area contributed by atoms with Crippen molar-refractivity contribution < 1.29 is 0 Å². The van der Waals surface area contributed by atoms with Gasteiger partial charge in [-0.1, -0.05) is 479 Å². The molecule has 0 N–H and O–H groups in total. The molecule has 0 amide bonds. The summed E-state index contributed by atoms with van der Waals surface area (Å²) in [5, 5.41) is 0. The first-order valence-corrected chi connectivity index (χ1v) is 41.6. The van der Waals surface area contributed by atoms with Gasteiger partial charge in [0, 0.05) is 0 Å². The average molecular weight is 1180 g/mol. The van der Waals surface area contributed by atoms with Gasteiger partial charge in [0.2, 0.25) is 0 Å². The summed E-state index contributed by atoms with van der Waals surface area (Å²) in [6, 6.07) is 0. The Morgan fingerprint density at radius 3 is 0.440 bits per heavy atom. The van der Waals surface area contributed by atoms with Crippen LogP contribution in [-0.2, 0) is 0 Å². The van der Waals surface area contributed by atoms with Gasteiger partial charge in [-0.3, -0.25) is 0 Å². The van der Waals surface area contributed by atoms with Crippen LogP contribution in [0.4, 0.5) is 0 Å². The van der Waals surface area contributed by atoms with Crippen molar-refractivity contribution in [3.8, 4) is 0 Å². The van der Waals surface area contributed by atoms with Crippen LogP contribution in [0.1, 0.15) is 524 Å². The lowest BCUT2D eigenvalue weighted by Gasteiger charge is -2.57. The minimum Gasteiger partial charge on any atom is -0.0654 e. The maximum atomic E-state index is 2.41. The van der Waals surface area contributed by atoms with Crippen molar-refractivity contribution in [1.82, 2.24) is 0 Å². The van der Waals surface area contributed by atoms with Gasteiger partial charge in [-0.05, 0) is 61.7 Å². The van der Waals surface area contributed by atoms with Crippen LogP contribution in [0.5, 0.6) is 0 Å². The Morgan fingerprint density at radius 1 is 0.143 bits per heavy atom. The monoisotopic (exact) mass is 1180 g/mol. The van der Waals surface area contributed by atoms with E-state index in [9.17, 15) is 0 Å². The summed E-state index contributed by atoms with van der Waals surface area (Å²) in [5.41, 5.74) is 1.05. The highest BCUT2D eigenvalue weighted by molar-refractivity contribution is 5.02. The molecule has 3 unspecified atom stereocenters. The number of hydrogen-bond donors (Lipinski definition) is 0. The lowest BCUT2D eigenvalue weighted by Crippen LogP contribution is -2.48. The highest BCUT2D eigenvalue weighted by atomic mass is 14.6. The van der Waals surface area contributed by atoms with E-state index in [0.29, 0.717) is 10.8 Å². The molecule has 0 saturated heterocycles. The Bertz CT molecular complexity index is 1150. The van der Waals surface area contributed by atoms with Crippen molar-refractivity contribution in [2.24, 2.45) is 16.7 Å². The van der Waals surface area contributed by atoms with Crippen molar-refractivity contribution in [3.05, 3.63) is 0 Å². The molecule has 0 aliphatic rings. The van der Waals surface area contributed by atoms with E-state index in [0.717, 1.165) is 5.92 Å². The Morgan fingerprint density at radius 2 is 0.274 bits per heavy atom. The van der Waals surface area contributed by atoms with Crippen molar-refractivity contribution in [1.29, 1.82) is 0 Å². The van der Waals surface area contributed by atoms with Gasteiger partial charge in [0.15, 0.2) is 0 Å². The molecule has 0 aromatic heterocycles. The molecule has 3 atom stereocenters. The Balaban J connectivity index is 7.55. The minimum atomic E-state index is 0.521. The summed E-state index contributed by atoms with van der Waals surface area (Å²) >= 11 is 0. The van der Waals surface area contributed by atoms with Crippen LogP contribution in [-0.4, -0.2) is 0 Å². The second kappa shape index (κ2) is 70.5. The quantitative estimate of drug-likeness (QED) is 0.0533. The van der Waals surface area contributed by atoms with Gasteiger partial charge in [0.25, 0.3) is 0 Å². The largest absolute Gasteiger partial charge is 0.0654 e. The Hall–Kier alpha value is 0. The van der Waals surface area contributed by atoms with E-state index < -0.39 is 0 Å². The topological polar surface area (TPSA) is 0 Å². The second-order valence-corrected chi connectivity index (χ2v) is 29.7. The molecule has 0 heterocycles. The SMILES string of the molecule is CCCCCCCCCCCCCCC(CCCCCCCCCCCC)(CCCCCCCCCCCCC)C(CCCCCCCCCC)(CCCCCCCCCCC)C(CCCCCCCCC)CCCCCCCCCCCC. The van der Waals surface area contributed by atoms with Crippen LogP contribution in [0.25, 0.3) is 0 Å². The fourth-order valence-electron chi connectivity index (χ4n) is 16.2. The minimum absolute atomic E-state index is 0.521. The Kier molecular flexibility index (Phi) is 70.5.